The number of hydrogen-bond acceptors (Lipinski definition) is 9. The third-order valence-corrected chi connectivity index (χ3v) is 14.2. The number of carboxylic acid groups (broad SMARTS) is 1. The number of aliphatic carboxylic acids is 1. The Kier molecular flexibility index (Phi) is 13.2. The van der Waals surface area contributed by atoms with Crippen LogP contribution in [0.5, 0.6) is 11.5 Å². The summed E-state index contributed by atoms with van der Waals surface area (Å²) in [7, 11) is 1.64. The van der Waals surface area contributed by atoms with Crippen LogP contribution >= 0.6 is 11.6 Å². The van der Waals surface area contributed by atoms with Crippen LogP contribution in [-0.2, 0) is 23.1 Å². The normalized spacial score (nSPS) is 21.8. The van der Waals surface area contributed by atoms with E-state index in [0.29, 0.717) is 85.7 Å². The van der Waals surface area contributed by atoms with Crippen molar-refractivity contribution in [2.45, 2.75) is 95.4 Å². The van der Waals surface area contributed by atoms with E-state index in [9.17, 15) is 14.7 Å². The zero-order valence-corrected chi connectivity index (χ0v) is 37.6. The molecule has 63 heavy (non-hydrogen) atoms. The van der Waals surface area contributed by atoms with Crippen LogP contribution in [0.3, 0.4) is 0 Å². The number of fused-ring (bicyclic) bond motifs is 3. The van der Waals surface area contributed by atoms with Gasteiger partial charge in [-0.15, -0.1) is 0 Å². The fourth-order valence-electron chi connectivity index (χ4n) is 10.6. The van der Waals surface area contributed by atoms with Gasteiger partial charge in [-0.25, -0.2) is 14.8 Å². The lowest BCUT2D eigenvalue weighted by atomic mass is 9.59. The maximum atomic E-state index is 14.0. The second-order valence-electron chi connectivity index (χ2n) is 17.8. The molecule has 1 spiro atoms. The summed E-state index contributed by atoms with van der Waals surface area (Å²) >= 11 is 6.33. The van der Waals surface area contributed by atoms with Crippen molar-refractivity contribution in [3.8, 4) is 22.9 Å². The van der Waals surface area contributed by atoms with Gasteiger partial charge in [-0.1, -0.05) is 49.7 Å². The molecule has 0 radical (unpaired) electrons. The van der Waals surface area contributed by atoms with E-state index in [2.05, 4.69) is 58.4 Å². The Morgan fingerprint density at radius 1 is 0.984 bits per heavy atom. The van der Waals surface area contributed by atoms with E-state index in [-0.39, 0.29) is 23.2 Å². The third kappa shape index (κ3) is 9.21. The molecule has 0 aliphatic heterocycles. The van der Waals surface area contributed by atoms with Crippen LogP contribution in [0.1, 0.15) is 104 Å². The first-order chi connectivity index (χ1) is 30.5. The van der Waals surface area contributed by atoms with Crippen molar-refractivity contribution in [2.24, 2.45) is 11.8 Å². The molecule has 3 aliphatic carbocycles. The van der Waals surface area contributed by atoms with E-state index in [1.807, 2.05) is 60.8 Å². The van der Waals surface area contributed by atoms with Crippen LogP contribution in [0.15, 0.2) is 91.3 Å². The number of aromatic nitrogens is 3. The van der Waals surface area contributed by atoms with Crippen LogP contribution < -0.4 is 25.0 Å². The van der Waals surface area contributed by atoms with Gasteiger partial charge < -0.3 is 30.1 Å². The topological polar surface area (TPSA) is 139 Å². The van der Waals surface area contributed by atoms with Crippen molar-refractivity contribution in [3.63, 3.8) is 0 Å². The molecule has 3 atom stereocenters. The van der Waals surface area contributed by atoms with Crippen LogP contribution in [0.4, 0.5) is 11.5 Å². The molecule has 330 valence electrons. The van der Waals surface area contributed by atoms with Gasteiger partial charge in [-0.05, 0) is 154 Å². The highest BCUT2D eigenvalue weighted by Gasteiger charge is 2.54. The minimum atomic E-state index is -1.15. The molecule has 0 saturated heterocycles. The van der Waals surface area contributed by atoms with E-state index in [1.54, 1.807) is 25.4 Å². The number of amides is 1. The number of benzene rings is 3. The fourth-order valence-corrected chi connectivity index (χ4v) is 10.8. The predicted octanol–water partition coefficient (Wildman–Crippen LogP) is 9.92. The summed E-state index contributed by atoms with van der Waals surface area (Å²) in [6, 6.07) is 25.0. The first-order valence-corrected chi connectivity index (χ1v) is 22.9. The fraction of sp³-hybridized carbons (Fsp3) is 0.431. The van der Waals surface area contributed by atoms with Gasteiger partial charge in [0.1, 0.15) is 22.9 Å². The zero-order chi connectivity index (χ0) is 44.1. The molecule has 3 aromatic carbocycles. The monoisotopic (exact) mass is 870 g/mol. The molecule has 11 nitrogen and oxygen atoms in total. The number of ether oxygens (including phenoxy) is 2. The molecule has 2 heterocycles. The van der Waals surface area contributed by atoms with Crippen LogP contribution in [0.25, 0.3) is 11.4 Å². The number of anilines is 2. The summed E-state index contributed by atoms with van der Waals surface area (Å²) in [6.45, 7) is 8.84. The summed E-state index contributed by atoms with van der Waals surface area (Å²) in [6.07, 6.45) is 10.9. The first kappa shape index (κ1) is 43.9. The number of rotatable bonds is 16. The number of aryl methyl sites for hydroxylation is 1. The number of carbonyl (C=O) groups excluding carboxylic acids is 1. The van der Waals surface area contributed by atoms with E-state index < -0.39 is 11.5 Å². The summed E-state index contributed by atoms with van der Waals surface area (Å²) in [4.78, 5) is 43.3. The molecule has 0 bridgehead atoms. The Labute approximate surface area is 376 Å². The predicted molar refractivity (Wildman–Crippen MR) is 248 cm³/mol. The lowest BCUT2D eigenvalue weighted by Gasteiger charge is -2.47. The standard InChI is InChI=1S/C51H59ClN6O5/c1-5-58(45-19-25-54-47(56-45)40-13-6-7-15-43(40)62-4)27-26-55-48(59)36-17-16-35-29-37(28-33(2)32-63-44-18-24-53-42-14-8-10-34(3)46(42)44)50(41(35)30-36)20-22-51(23-21-50,49(60)61)57-39-12-9-11-38(52)31-39/h6-7,9,11-13,15-19,24-25,30-31,33-34,37,57H,5,8,10,14,20-23,26-29,32H2,1-4H3,(H,55,59)(H,60,61)/t33-,34-,37?,50?,51?/m1/s1. The van der Waals surface area contributed by atoms with Gasteiger partial charge in [0.15, 0.2) is 5.82 Å². The van der Waals surface area contributed by atoms with Crippen molar-refractivity contribution >= 4 is 35.0 Å². The van der Waals surface area contributed by atoms with E-state index >= 15 is 0 Å². The molecule has 1 unspecified atom stereocenters. The minimum absolute atomic E-state index is 0.139. The summed E-state index contributed by atoms with van der Waals surface area (Å²) in [5.41, 5.74) is 5.49. The highest BCUT2D eigenvalue weighted by atomic mass is 35.5. The lowest BCUT2D eigenvalue weighted by Crippen LogP contribution is -2.53. The van der Waals surface area contributed by atoms with E-state index in [1.165, 1.54) is 16.7 Å². The zero-order valence-electron chi connectivity index (χ0n) is 36.8. The van der Waals surface area contributed by atoms with Gasteiger partial charge in [-0.3, -0.25) is 9.78 Å². The SMILES string of the molecule is CCN(CCNC(=O)c1ccc2c(c1)C1(CCC(Nc3cccc(Cl)c3)(C(=O)O)CC1)C(C[C@@H](C)COc1ccnc3c1[C@H](C)CCC3)C2)c1ccnc(-c2ccccc2OC)n1. The lowest BCUT2D eigenvalue weighted by molar-refractivity contribution is -0.144. The first-order valence-electron chi connectivity index (χ1n) is 22.5. The van der Waals surface area contributed by atoms with Gasteiger partial charge in [0.05, 0.1) is 19.3 Å². The van der Waals surface area contributed by atoms with Crippen molar-refractivity contribution in [1.82, 2.24) is 20.3 Å². The average molecular weight is 872 g/mol. The molecule has 3 aliphatic rings. The summed E-state index contributed by atoms with van der Waals surface area (Å²) < 4.78 is 12.2. The maximum Gasteiger partial charge on any atom is 0.329 e. The maximum absolute atomic E-state index is 14.0. The Morgan fingerprint density at radius 3 is 2.57 bits per heavy atom. The molecular weight excluding hydrogens is 812 g/mol. The molecule has 12 heteroatoms. The number of carbonyl (C=O) groups is 2. The average Bonchev–Trinajstić information content (AvgIpc) is 3.58. The van der Waals surface area contributed by atoms with Crippen molar-refractivity contribution < 1.29 is 24.2 Å². The number of hydrogen-bond donors (Lipinski definition) is 3. The second-order valence-corrected chi connectivity index (χ2v) is 18.3. The van der Waals surface area contributed by atoms with Crippen LogP contribution in [-0.4, -0.2) is 70.8 Å². The number of likely N-dealkylation sites (N-methyl/N-ethyl adjacent to an activating group) is 1. The summed E-state index contributed by atoms with van der Waals surface area (Å²) in [5.74, 6) is 2.90. The molecule has 1 amide bonds. The van der Waals surface area contributed by atoms with E-state index in [0.717, 1.165) is 54.9 Å². The van der Waals surface area contributed by atoms with Crippen LogP contribution in [0.2, 0.25) is 5.02 Å². The number of carboxylic acids is 1. The van der Waals surface area contributed by atoms with Crippen molar-refractivity contribution in [2.75, 3.05) is 43.6 Å². The molecule has 2 aromatic heterocycles. The molecular formula is C51H59ClN6O5. The van der Waals surface area contributed by atoms with Crippen molar-refractivity contribution in [1.29, 1.82) is 0 Å². The smallest absolute Gasteiger partial charge is 0.329 e. The van der Waals surface area contributed by atoms with Gasteiger partial charge in [-0.2, -0.15) is 0 Å². The largest absolute Gasteiger partial charge is 0.496 e. The number of nitrogens with zero attached hydrogens (tertiary/aromatic N) is 4. The third-order valence-electron chi connectivity index (χ3n) is 13.9. The molecule has 1 saturated carbocycles. The minimum Gasteiger partial charge on any atom is -0.496 e. The number of nitrogens with one attached hydrogen (secondary N) is 2. The Morgan fingerprint density at radius 2 is 1.79 bits per heavy atom. The highest BCUT2D eigenvalue weighted by Crippen LogP contribution is 2.56. The van der Waals surface area contributed by atoms with E-state index in [4.69, 9.17) is 26.1 Å². The molecule has 3 N–H and O–H groups in total. The van der Waals surface area contributed by atoms with Gasteiger partial charge in [0.25, 0.3) is 5.91 Å². The summed E-state index contributed by atoms with van der Waals surface area (Å²) in [5, 5.41) is 17.9. The quantitative estimate of drug-likeness (QED) is 0.0879. The molecule has 1 fully saturated rings. The number of methoxy groups -OCH3 is 1. The van der Waals surface area contributed by atoms with Gasteiger partial charge in [0, 0.05) is 59.6 Å². The molecule has 5 aromatic rings. The highest BCUT2D eigenvalue weighted by molar-refractivity contribution is 6.30. The number of para-hydroxylation sites is 1. The second kappa shape index (κ2) is 19.0. The van der Waals surface area contributed by atoms with Crippen molar-refractivity contribution in [3.05, 3.63) is 124 Å². The molecule has 8 rings (SSSR count). The number of halogens is 1. The van der Waals surface area contributed by atoms with Crippen LogP contribution in [0, 0.1) is 11.8 Å². The van der Waals surface area contributed by atoms with Gasteiger partial charge >= 0.3 is 5.97 Å². The number of pyridine rings is 1. The Hall–Kier alpha value is -5.68. The van der Waals surface area contributed by atoms with Gasteiger partial charge in [0.2, 0.25) is 0 Å². The Balaban J connectivity index is 0.998. The Bertz CT molecular complexity index is 2440.